The van der Waals surface area contributed by atoms with E-state index in [2.05, 4.69) is 5.32 Å². The highest BCUT2D eigenvalue weighted by molar-refractivity contribution is 5.90. The van der Waals surface area contributed by atoms with Gasteiger partial charge in [-0.3, -0.25) is 5.32 Å². The largest absolute Gasteiger partial charge is 0.462 e. The monoisotopic (exact) mass is 471 g/mol. The first-order chi connectivity index (χ1) is 16.2. The fraction of sp³-hybridized carbons (Fsp3) is 0.333. The third kappa shape index (κ3) is 5.20. The van der Waals surface area contributed by atoms with Gasteiger partial charge in [-0.1, -0.05) is 12.1 Å². The van der Waals surface area contributed by atoms with Crippen LogP contribution in [0, 0.1) is 6.92 Å². The average Bonchev–Trinajstić information content (AvgIpc) is 2.81. The maximum atomic E-state index is 12.2. The van der Waals surface area contributed by atoms with Gasteiger partial charge in [-0.15, -0.1) is 0 Å². The van der Waals surface area contributed by atoms with Crippen LogP contribution in [0.1, 0.15) is 18.1 Å². The fourth-order valence-electron chi connectivity index (χ4n) is 3.61. The van der Waals surface area contributed by atoms with Crippen LogP contribution in [0.2, 0.25) is 0 Å². The molecular formula is C24H25NO9. The van der Waals surface area contributed by atoms with Crippen molar-refractivity contribution in [2.75, 3.05) is 5.32 Å². The van der Waals surface area contributed by atoms with Crippen molar-refractivity contribution >= 4 is 22.7 Å². The van der Waals surface area contributed by atoms with Crippen LogP contribution in [-0.4, -0.2) is 52.1 Å². The van der Waals surface area contributed by atoms with Crippen molar-refractivity contribution in [1.82, 2.24) is 0 Å². The zero-order chi connectivity index (χ0) is 24.4. The Morgan fingerprint density at radius 1 is 1.03 bits per heavy atom. The van der Waals surface area contributed by atoms with E-state index in [1.54, 1.807) is 56.3 Å². The topological polar surface area (TPSA) is 148 Å². The number of benzene rings is 2. The fourth-order valence-corrected chi connectivity index (χ4v) is 3.61. The molecule has 5 atom stereocenters. The van der Waals surface area contributed by atoms with Crippen molar-refractivity contribution in [2.45, 2.75) is 51.2 Å². The number of carbonyl (C=O) groups excluding carboxylic acids is 1. The van der Waals surface area contributed by atoms with Crippen molar-refractivity contribution in [2.24, 2.45) is 0 Å². The number of amides is 1. The number of aliphatic hydroxyl groups is 3. The molecule has 0 aliphatic carbocycles. The van der Waals surface area contributed by atoms with Gasteiger partial charge in [0.15, 0.2) is 0 Å². The van der Waals surface area contributed by atoms with Crippen molar-refractivity contribution < 1.29 is 38.7 Å². The molecule has 2 aromatic carbocycles. The zero-order valence-corrected chi connectivity index (χ0v) is 18.5. The minimum absolute atomic E-state index is 0.00189. The first kappa shape index (κ1) is 23.7. The van der Waals surface area contributed by atoms with Crippen molar-refractivity contribution in [3.63, 3.8) is 0 Å². The maximum absolute atomic E-state index is 12.2. The molecule has 34 heavy (non-hydrogen) atoms. The Balaban J connectivity index is 1.31. The first-order valence-corrected chi connectivity index (χ1v) is 10.6. The summed E-state index contributed by atoms with van der Waals surface area (Å²) >= 11 is 0. The van der Waals surface area contributed by atoms with Gasteiger partial charge in [0.1, 0.15) is 36.3 Å². The molecule has 1 aliphatic rings. The van der Waals surface area contributed by atoms with Crippen molar-refractivity contribution in [3.05, 3.63) is 70.1 Å². The second-order valence-electron chi connectivity index (χ2n) is 8.10. The predicted molar refractivity (Wildman–Crippen MR) is 120 cm³/mol. The number of hydrogen-bond acceptors (Lipinski definition) is 9. The van der Waals surface area contributed by atoms with E-state index in [1.165, 1.54) is 6.07 Å². The standard InChI is InChI=1S/C24H25NO9/c1-12-9-19(26)34-18-8-5-15(10-17(12)18)25-24(30)31-11-14-3-6-16(7-4-14)33-23-22(29)21(28)20(27)13(2)32-23/h3-10,13,20-23,27-29H,11H2,1-2H3,(H,25,30)/t13-,20+,21+,22-,23-/m0/s1. The second kappa shape index (κ2) is 9.82. The number of rotatable bonds is 5. The van der Waals surface area contributed by atoms with E-state index in [1.807, 2.05) is 0 Å². The van der Waals surface area contributed by atoms with Crippen molar-refractivity contribution in [1.29, 1.82) is 0 Å². The van der Waals surface area contributed by atoms with Gasteiger partial charge in [-0.05, 0) is 55.3 Å². The quantitative estimate of drug-likeness (QED) is 0.410. The summed E-state index contributed by atoms with van der Waals surface area (Å²) in [5.41, 5.74) is 1.91. The summed E-state index contributed by atoms with van der Waals surface area (Å²) in [4.78, 5) is 23.7. The summed E-state index contributed by atoms with van der Waals surface area (Å²) in [6.45, 7) is 3.35. The van der Waals surface area contributed by atoms with E-state index in [0.29, 0.717) is 28.0 Å². The normalized spacial score (nSPS) is 24.6. The third-order valence-corrected chi connectivity index (χ3v) is 5.55. The average molecular weight is 471 g/mol. The van der Waals surface area contributed by atoms with Gasteiger partial charge >= 0.3 is 11.7 Å². The molecule has 3 aromatic rings. The maximum Gasteiger partial charge on any atom is 0.411 e. The van der Waals surface area contributed by atoms with Gasteiger partial charge < -0.3 is 33.9 Å². The lowest BCUT2D eigenvalue weighted by Crippen LogP contribution is -2.58. The summed E-state index contributed by atoms with van der Waals surface area (Å²) in [7, 11) is 0. The van der Waals surface area contributed by atoms with E-state index in [0.717, 1.165) is 5.56 Å². The van der Waals surface area contributed by atoms with Crippen LogP contribution >= 0.6 is 0 Å². The molecule has 0 radical (unpaired) electrons. The minimum Gasteiger partial charge on any atom is -0.462 e. The van der Waals surface area contributed by atoms with Crippen molar-refractivity contribution in [3.8, 4) is 5.75 Å². The van der Waals surface area contributed by atoms with E-state index in [4.69, 9.17) is 18.6 Å². The van der Waals surface area contributed by atoms with Gasteiger partial charge in [-0.25, -0.2) is 9.59 Å². The molecule has 10 heteroatoms. The molecular weight excluding hydrogens is 446 g/mol. The van der Waals surface area contributed by atoms with E-state index < -0.39 is 42.4 Å². The summed E-state index contributed by atoms with van der Waals surface area (Å²) < 4.78 is 21.4. The predicted octanol–water partition coefficient (Wildman–Crippen LogP) is 2.06. The van der Waals surface area contributed by atoms with Gasteiger partial charge in [0.25, 0.3) is 0 Å². The third-order valence-electron chi connectivity index (χ3n) is 5.55. The zero-order valence-electron chi connectivity index (χ0n) is 18.5. The van der Waals surface area contributed by atoms with E-state index >= 15 is 0 Å². The summed E-state index contributed by atoms with van der Waals surface area (Å²) in [6.07, 6.45) is -6.51. The number of aliphatic hydroxyl groups excluding tert-OH is 3. The Bertz CT molecular complexity index is 1220. The molecule has 0 spiro atoms. The summed E-state index contributed by atoms with van der Waals surface area (Å²) in [5, 5.41) is 33.0. The van der Waals surface area contributed by atoms with Crippen LogP contribution in [-0.2, 0) is 16.1 Å². The molecule has 0 unspecified atom stereocenters. The number of anilines is 1. The number of nitrogens with one attached hydrogen (secondary N) is 1. The van der Waals surface area contributed by atoms with Gasteiger partial charge in [0.05, 0.1) is 6.10 Å². The van der Waals surface area contributed by atoms with Crippen LogP contribution in [0.15, 0.2) is 57.7 Å². The Labute approximate surface area is 194 Å². The van der Waals surface area contributed by atoms with E-state index in [9.17, 15) is 24.9 Å². The lowest BCUT2D eigenvalue weighted by atomic mass is 10.00. The number of hydrogen-bond donors (Lipinski definition) is 4. The van der Waals surface area contributed by atoms with E-state index in [-0.39, 0.29) is 6.61 Å². The molecule has 4 rings (SSSR count). The highest BCUT2D eigenvalue weighted by atomic mass is 16.7. The highest BCUT2D eigenvalue weighted by Gasteiger charge is 2.43. The Hall–Kier alpha value is -3.44. The van der Waals surface area contributed by atoms with Crippen LogP contribution < -0.4 is 15.7 Å². The van der Waals surface area contributed by atoms with Crippen LogP contribution in [0.3, 0.4) is 0 Å². The lowest BCUT2D eigenvalue weighted by Gasteiger charge is -2.38. The van der Waals surface area contributed by atoms with Crippen LogP contribution in [0.4, 0.5) is 10.5 Å². The van der Waals surface area contributed by atoms with Gasteiger partial charge in [0, 0.05) is 17.1 Å². The molecule has 10 nitrogen and oxygen atoms in total. The van der Waals surface area contributed by atoms with Gasteiger partial charge in [-0.2, -0.15) is 0 Å². The molecule has 0 saturated carbocycles. The minimum atomic E-state index is -1.41. The SMILES string of the molecule is Cc1cc(=O)oc2ccc(NC(=O)OCc3ccc(O[C@@H]4O[C@@H](C)[C@@H](O)[C@@H](O)[C@@H]4O)cc3)cc12. The Morgan fingerprint density at radius 2 is 1.76 bits per heavy atom. The molecule has 1 amide bonds. The first-order valence-electron chi connectivity index (χ1n) is 10.6. The molecule has 2 heterocycles. The van der Waals surface area contributed by atoms with Crippen LogP contribution in [0.25, 0.3) is 11.0 Å². The number of carbonyl (C=O) groups is 1. The smallest absolute Gasteiger partial charge is 0.411 e. The Morgan fingerprint density at radius 3 is 2.50 bits per heavy atom. The molecule has 1 fully saturated rings. The molecule has 1 aromatic heterocycles. The molecule has 0 bridgehead atoms. The molecule has 1 aliphatic heterocycles. The van der Waals surface area contributed by atoms with Crippen LogP contribution in [0.5, 0.6) is 5.75 Å². The number of aryl methyl sites for hydroxylation is 1. The highest BCUT2D eigenvalue weighted by Crippen LogP contribution is 2.25. The second-order valence-corrected chi connectivity index (χ2v) is 8.10. The summed E-state index contributed by atoms with van der Waals surface area (Å²) in [5.74, 6) is 0.367. The lowest BCUT2D eigenvalue weighted by molar-refractivity contribution is -0.268. The molecule has 1 saturated heterocycles. The Kier molecular flexibility index (Phi) is 6.85. The molecule has 4 N–H and O–H groups in total. The van der Waals surface area contributed by atoms with Gasteiger partial charge in [0.2, 0.25) is 6.29 Å². The molecule has 180 valence electrons. The summed E-state index contributed by atoms with van der Waals surface area (Å²) in [6, 6.07) is 12.8. The number of ether oxygens (including phenoxy) is 3. The number of fused-ring (bicyclic) bond motifs is 1.